The highest BCUT2D eigenvalue weighted by Crippen LogP contribution is 2.64. The predicted octanol–water partition coefficient (Wildman–Crippen LogP) is 6.53. The molecule has 2 aliphatic heterocycles. The number of nitrogens with zero attached hydrogens (tertiary/aromatic N) is 2. The Morgan fingerprint density at radius 3 is 2.34 bits per heavy atom. The van der Waals surface area contributed by atoms with E-state index in [-0.39, 0.29) is 34.7 Å². The maximum atomic E-state index is 14.5. The number of allylic oxidation sites excluding steroid dienone is 2. The molecule has 44 heavy (non-hydrogen) atoms. The molecule has 0 bridgehead atoms. The van der Waals surface area contributed by atoms with E-state index in [1.807, 2.05) is 18.2 Å². The Bertz CT molecular complexity index is 1830. The minimum atomic E-state index is -1.33. The fourth-order valence-electron chi connectivity index (χ4n) is 7.99. The number of anilines is 2. The summed E-state index contributed by atoms with van der Waals surface area (Å²) in [7, 11) is 0. The molecule has 2 heterocycles. The van der Waals surface area contributed by atoms with Crippen molar-refractivity contribution >= 4 is 69.2 Å². The van der Waals surface area contributed by atoms with Gasteiger partial charge in [-0.15, -0.1) is 0 Å². The summed E-state index contributed by atoms with van der Waals surface area (Å²) in [6.45, 7) is 3.49. The molecule has 0 spiro atoms. The van der Waals surface area contributed by atoms with Crippen molar-refractivity contribution in [2.75, 3.05) is 9.80 Å². The highest BCUT2D eigenvalue weighted by molar-refractivity contribution is 14.1. The molecule has 224 valence electrons. The molecule has 0 unspecified atom stereocenters. The number of phenolic OH excluding ortho intramolecular Hbond substituents is 1. The molecule has 0 radical (unpaired) electrons. The summed E-state index contributed by atoms with van der Waals surface area (Å²) in [6, 6.07) is 16.2. The number of hydrogen-bond acceptors (Lipinski definition) is 5. The molecule has 1 N–H and O–H groups in total. The smallest absolute Gasteiger partial charge is 0.241 e. The van der Waals surface area contributed by atoms with E-state index < -0.39 is 52.6 Å². The minimum absolute atomic E-state index is 0.0130. The lowest BCUT2D eigenvalue weighted by Crippen LogP contribution is -2.49. The van der Waals surface area contributed by atoms with Crippen LogP contribution in [0.1, 0.15) is 36.8 Å². The van der Waals surface area contributed by atoms with Gasteiger partial charge in [0.25, 0.3) is 0 Å². The van der Waals surface area contributed by atoms with Crippen molar-refractivity contribution in [2.24, 2.45) is 29.1 Å². The second-order valence-corrected chi connectivity index (χ2v) is 13.9. The monoisotopic (exact) mass is 724 g/mol. The second kappa shape index (κ2) is 10.2. The molecule has 6 atom stereocenters. The third-order valence-corrected chi connectivity index (χ3v) is 11.1. The molecular formula is C34H27ClFIN2O5. The van der Waals surface area contributed by atoms with Crippen molar-refractivity contribution in [2.45, 2.75) is 32.6 Å². The number of rotatable bonds is 3. The van der Waals surface area contributed by atoms with Gasteiger partial charge in [0.2, 0.25) is 23.6 Å². The molecule has 7 nitrogen and oxygen atoms in total. The first-order valence-corrected chi connectivity index (χ1v) is 15.9. The van der Waals surface area contributed by atoms with Gasteiger partial charge in [0.15, 0.2) is 0 Å². The van der Waals surface area contributed by atoms with Crippen LogP contribution in [0, 0.1) is 45.4 Å². The van der Waals surface area contributed by atoms with Gasteiger partial charge >= 0.3 is 0 Å². The number of fused-ring (bicyclic) bond motifs is 4. The maximum absolute atomic E-state index is 14.5. The molecule has 3 fully saturated rings. The number of phenols is 1. The molecule has 1 saturated carbocycles. The van der Waals surface area contributed by atoms with E-state index in [0.717, 1.165) is 20.1 Å². The number of para-hydroxylation sites is 1. The van der Waals surface area contributed by atoms with Crippen LogP contribution in [-0.4, -0.2) is 28.7 Å². The maximum Gasteiger partial charge on any atom is 0.241 e. The molecule has 3 aromatic rings. The number of aromatic hydroxyl groups is 1. The van der Waals surface area contributed by atoms with Crippen LogP contribution in [0.3, 0.4) is 0 Å². The summed E-state index contributed by atoms with van der Waals surface area (Å²) in [5.41, 5.74) is 1.18. The zero-order chi connectivity index (χ0) is 31.2. The van der Waals surface area contributed by atoms with Crippen LogP contribution in [0.5, 0.6) is 5.75 Å². The fraction of sp³-hybridized carbons (Fsp3) is 0.294. The first kappa shape index (κ1) is 29.2. The third-order valence-electron chi connectivity index (χ3n) is 10.1. The Balaban J connectivity index is 1.38. The van der Waals surface area contributed by atoms with Crippen LogP contribution in [0.4, 0.5) is 15.8 Å². The topological polar surface area (TPSA) is 95.0 Å². The quantitative estimate of drug-likeness (QED) is 0.188. The number of carbonyl (C=O) groups excluding carboxylic acids is 4. The van der Waals surface area contributed by atoms with Crippen molar-refractivity contribution in [3.05, 3.63) is 97.8 Å². The summed E-state index contributed by atoms with van der Waals surface area (Å²) < 4.78 is 15.0. The van der Waals surface area contributed by atoms with Gasteiger partial charge in [-0.3, -0.25) is 24.1 Å². The van der Waals surface area contributed by atoms with E-state index in [9.17, 15) is 28.7 Å². The van der Waals surface area contributed by atoms with E-state index in [1.54, 1.807) is 44.2 Å². The van der Waals surface area contributed by atoms with Gasteiger partial charge in [-0.2, -0.15) is 0 Å². The van der Waals surface area contributed by atoms with Gasteiger partial charge in [0, 0.05) is 15.1 Å². The minimum Gasteiger partial charge on any atom is -0.507 e. The van der Waals surface area contributed by atoms with Gasteiger partial charge in [-0.1, -0.05) is 41.4 Å². The highest BCUT2D eigenvalue weighted by atomic mass is 127. The number of halogens is 3. The molecule has 3 aromatic carbocycles. The summed E-state index contributed by atoms with van der Waals surface area (Å²) >= 11 is 8.22. The highest BCUT2D eigenvalue weighted by Gasteiger charge is 2.68. The average molecular weight is 725 g/mol. The fourth-order valence-corrected chi connectivity index (χ4v) is 8.52. The number of carbonyl (C=O) groups is 4. The van der Waals surface area contributed by atoms with Crippen molar-refractivity contribution in [1.82, 2.24) is 0 Å². The molecule has 2 saturated heterocycles. The molecule has 10 heteroatoms. The molecule has 4 amide bonds. The van der Waals surface area contributed by atoms with Gasteiger partial charge in [-0.05, 0) is 103 Å². The van der Waals surface area contributed by atoms with Crippen molar-refractivity contribution in [3.8, 4) is 5.75 Å². The number of imide groups is 2. The summed E-state index contributed by atoms with van der Waals surface area (Å²) in [5.74, 6) is -5.72. The first-order chi connectivity index (χ1) is 20.9. The molecule has 2 aliphatic carbocycles. The SMILES string of the molecule is Cc1cccc([C@H]2C3=CC[C@@H]4C(=O)N(c5ccc(I)cc5)C(=O)[C@@H]4[C@@H]3C[C@H]3C(=O)N(c4ccc(F)c(Cl)c4)C(=O)[C@@]23C)c1O. The van der Waals surface area contributed by atoms with E-state index in [4.69, 9.17) is 11.6 Å². The lowest BCUT2D eigenvalue weighted by Gasteiger charge is -2.49. The Kier molecular flexibility index (Phi) is 6.78. The van der Waals surface area contributed by atoms with Crippen LogP contribution >= 0.6 is 34.2 Å². The van der Waals surface area contributed by atoms with Crippen LogP contribution in [0.2, 0.25) is 5.02 Å². The average Bonchev–Trinajstić information content (AvgIpc) is 3.36. The number of aryl methyl sites for hydroxylation is 1. The van der Waals surface area contributed by atoms with Crippen LogP contribution in [-0.2, 0) is 19.2 Å². The van der Waals surface area contributed by atoms with Gasteiger partial charge in [-0.25, -0.2) is 9.29 Å². The molecule has 7 rings (SSSR count). The van der Waals surface area contributed by atoms with E-state index in [1.165, 1.54) is 17.0 Å². The van der Waals surface area contributed by atoms with Gasteiger partial charge in [0.1, 0.15) is 11.6 Å². The lowest BCUT2D eigenvalue weighted by atomic mass is 9.51. The zero-order valence-corrected chi connectivity index (χ0v) is 26.7. The molecule has 4 aliphatic rings. The normalized spacial score (nSPS) is 29.5. The summed E-state index contributed by atoms with van der Waals surface area (Å²) in [4.78, 5) is 58.9. The Morgan fingerprint density at radius 2 is 1.64 bits per heavy atom. The largest absolute Gasteiger partial charge is 0.507 e. The second-order valence-electron chi connectivity index (χ2n) is 12.3. The Morgan fingerprint density at radius 1 is 0.932 bits per heavy atom. The summed E-state index contributed by atoms with van der Waals surface area (Å²) in [6.07, 6.45) is 2.41. The first-order valence-electron chi connectivity index (χ1n) is 14.4. The number of benzene rings is 3. The number of amides is 4. The van der Waals surface area contributed by atoms with Gasteiger partial charge in [0.05, 0.1) is 39.6 Å². The third kappa shape index (κ3) is 3.97. The molecule has 0 aromatic heterocycles. The van der Waals surface area contributed by atoms with Gasteiger partial charge < -0.3 is 5.11 Å². The van der Waals surface area contributed by atoms with Crippen LogP contribution in [0.25, 0.3) is 0 Å². The zero-order valence-electron chi connectivity index (χ0n) is 23.8. The van der Waals surface area contributed by atoms with E-state index in [0.29, 0.717) is 23.2 Å². The Labute approximate surface area is 271 Å². The number of hydrogen-bond donors (Lipinski definition) is 1. The van der Waals surface area contributed by atoms with E-state index in [2.05, 4.69) is 22.6 Å². The lowest BCUT2D eigenvalue weighted by molar-refractivity contribution is -0.131. The summed E-state index contributed by atoms with van der Waals surface area (Å²) in [5, 5.41) is 11.1. The van der Waals surface area contributed by atoms with Crippen molar-refractivity contribution < 1.29 is 28.7 Å². The van der Waals surface area contributed by atoms with Crippen molar-refractivity contribution in [3.63, 3.8) is 0 Å². The van der Waals surface area contributed by atoms with Crippen molar-refractivity contribution in [1.29, 1.82) is 0 Å². The molecular weight excluding hydrogens is 698 g/mol. The van der Waals surface area contributed by atoms with Crippen LogP contribution < -0.4 is 9.80 Å². The standard InChI is InChI=1S/C34H27ClFIN2O5/c1-16-4-3-5-22(29(16)40)28-20-11-12-21-27(32(43)38(30(21)41)18-8-6-17(37)7-9-18)23(20)15-24-31(42)39(33(44)34(24,28)2)19-10-13-26(36)25(35)14-19/h3-11,13-14,21,23-24,27-28,40H,12,15H2,1-2H3/t21-,23+,24-,27-,28+,34+/m0/s1. The van der Waals surface area contributed by atoms with E-state index >= 15 is 0 Å². The van der Waals surface area contributed by atoms with Crippen LogP contribution in [0.15, 0.2) is 72.3 Å². The Hall–Kier alpha value is -3.57. The predicted molar refractivity (Wildman–Crippen MR) is 171 cm³/mol.